The van der Waals surface area contributed by atoms with Crippen LogP contribution in [0.4, 0.5) is 8.78 Å². The van der Waals surface area contributed by atoms with Crippen molar-refractivity contribution in [1.29, 1.82) is 0 Å². The highest BCUT2D eigenvalue weighted by atomic mass is 19.1. The Labute approximate surface area is 114 Å². The molecule has 0 bridgehead atoms. The lowest BCUT2D eigenvalue weighted by atomic mass is 9.98. The molecule has 0 atom stereocenters. The minimum Gasteiger partial charge on any atom is -0.497 e. The first-order valence-electron chi connectivity index (χ1n) is 5.82. The van der Waals surface area contributed by atoms with E-state index in [4.69, 9.17) is 9.84 Å². The minimum atomic E-state index is -1.22. The number of aromatic carboxylic acids is 1. The Kier molecular flexibility index (Phi) is 3.70. The second kappa shape index (κ2) is 5.28. The molecule has 0 unspecified atom stereocenters. The quantitative estimate of drug-likeness (QED) is 0.932. The average Bonchev–Trinajstić information content (AvgIpc) is 2.41. The van der Waals surface area contributed by atoms with Crippen LogP contribution in [0.3, 0.4) is 0 Å². The van der Waals surface area contributed by atoms with E-state index in [0.717, 1.165) is 6.07 Å². The van der Waals surface area contributed by atoms with Gasteiger partial charge in [-0.25, -0.2) is 13.6 Å². The Balaban J connectivity index is 2.59. The molecule has 0 aromatic heterocycles. The van der Waals surface area contributed by atoms with E-state index in [1.54, 1.807) is 0 Å². The van der Waals surface area contributed by atoms with Crippen LogP contribution in [0.25, 0.3) is 11.1 Å². The van der Waals surface area contributed by atoms with E-state index in [-0.39, 0.29) is 22.3 Å². The number of hydrogen-bond acceptors (Lipinski definition) is 2. The highest BCUT2D eigenvalue weighted by Crippen LogP contribution is 2.30. The summed E-state index contributed by atoms with van der Waals surface area (Å²) in [5, 5.41) is 8.92. The van der Waals surface area contributed by atoms with Gasteiger partial charge in [0.05, 0.1) is 12.7 Å². The van der Waals surface area contributed by atoms with Gasteiger partial charge in [-0.15, -0.1) is 0 Å². The van der Waals surface area contributed by atoms with E-state index < -0.39 is 17.6 Å². The summed E-state index contributed by atoms with van der Waals surface area (Å²) < 4.78 is 33.0. The van der Waals surface area contributed by atoms with E-state index in [9.17, 15) is 13.6 Å². The first kappa shape index (κ1) is 14.0. The maximum Gasteiger partial charge on any atom is 0.336 e. The van der Waals surface area contributed by atoms with E-state index in [2.05, 4.69) is 0 Å². The molecule has 0 aliphatic carbocycles. The fourth-order valence-electron chi connectivity index (χ4n) is 1.97. The van der Waals surface area contributed by atoms with Gasteiger partial charge < -0.3 is 9.84 Å². The summed E-state index contributed by atoms with van der Waals surface area (Å²) in [6.45, 7) is 1.35. The lowest BCUT2D eigenvalue weighted by Crippen LogP contribution is -2.03. The zero-order chi connectivity index (χ0) is 14.9. The Morgan fingerprint density at radius 2 is 1.80 bits per heavy atom. The molecule has 1 N–H and O–H groups in total. The molecule has 3 nitrogen and oxygen atoms in total. The van der Waals surface area contributed by atoms with Gasteiger partial charge in [0, 0.05) is 17.2 Å². The molecule has 20 heavy (non-hydrogen) atoms. The second-order valence-corrected chi connectivity index (χ2v) is 4.25. The molecule has 104 valence electrons. The Morgan fingerprint density at radius 3 is 2.35 bits per heavy atom. The zero-order valence-corrected chi connectivity index (χ0v) is 10.9. The van der Waals surface area contributed by atoms with Crippen LogP contribution in [-0.4, -0.2) is 18.2 Å². The van der Waals surface area contributed by atoms with Crippen molar-refractivity contribution in [2.45, 2.75) is 6.92 Å². The molecule has 2 aromatic carbocycles. The topological polar surface area (TPSA) is 46.5 Å². The average molecular weight is 278 g/mol. The first-order chi connectivity index (χ1) is 9.45. The van der Waals surface area contributed by atoms with Crippen molar-refractivity contribution in [2.75, 3.05) is 7.11 Å². The van der Waals surface area contributed by atoms with E-state index in [1.807, 2.05) is 0 Å². The van der Waals surface area contributed by atoms with Crippen LogP contribution in [0.5, 0.6) is 5.75 Å². The van der Waals surface area contributed by atoms with Gasteiger partial charge >= 0.3 is 5.97 Å². The fourth-order valence-corrected chi connectivity index (χ4v) is 1.97. The predicted octanol–water partition coefficient (Wildman–Crippen LogP) is 3.65. The molecule has 0 amide bonds. The van der Waals surface area contributed by atoms with E-state index >= 15 is 0 Å². The summed E-state index contributed by atoms with van der Waals surface area (Å²) in [5.41, 5.74) is -0.0821. The van der Waals surface area contributed by atoms with Crippen molar-refractivity contribution < 1.29 is 23.4 Å². The molecule has 5 heteroatoms. The molecule has 0 saturated carbocycles. The van der Waals surface area contributed by atoms with Crippen molar-refractivity contribution in [1.82, 2.24) is 0 Å². The number of carboxylic acids is 1. The van der Waals surface area contributed by atoms with Gasteiger partial charge in [-0.2, -0.15) is 0 Å². The lowest BCUT2D eigenvalue weighted by Gasteiger charge is -2.10. The van der Waals surface area contributed by atoms with Crippen LogP contribution in [0.1, 0.15) is 15.9 Å². The predicted molar refractivity (Wildman–Crippen MR) is 70.0 cm³/mol. The standard InChI is InChI=1S/C15H12F2O3/c1-8-10(15(18)19)5-6-12(14(8)17)11-4-3-9(20-2)7-13(11)16/h3-7H,1-2H3,(H,18,19). The summed E-state index contributed by atoms with van der Waals surface area (Å²) in [7, 11) is 1.40. The van der Waals surface area contributed by atoms with Crippen molar-refractivity contribution in [3.8, 4) is 16.9 Å². The van der Waals surface area contributed by atoms with Gasteiger partial charge in [0.15, 0.2) is 0 Å². The Hall–Kier alpha value is -2.43. The van der Waals surface area contributed by atoms with Crippen LogP contribution in [0, 0.1) is 18.6 Å². The fraction of sp³-hybridized carbons (Fsp3) is 0.133. The third-order valence-corrected chi connectivity index (χ3v) is 3.08. The third-order valence-electron chi connectivity index (χ3n) is 3.08. The summed E-state index contributed by atoms with van der Waals surface area (Å²) in [5.74, 6) is -2.27. The van der Waals surface area contributed by atoms with Gasteiger partial charge in [0.25, 0.3) is 0 Å². The molecule has 0 aliphatic rings. The maximum absolute atomic E-state index is 14.2. The van der Waals surface area contributed by atoms with Crippen molar-refractivity contribution >= 4 is 5.97 Å². The lowest BCUT2D eigenvalue weighted by molar-refractivity contribution is 0.0695. The maximum atomic E-state index is 14.2. The molecule has 0 saturated heterocycles. The molecule has 0 radical (unpaired) electrons. The van der Waals surface area contributed by atoms with Crippen molar-refractivity contribution in [3.63, 3.8) is 0 Å². The summed E-state index contributed by atoms with van der Waals surface area (Å²) in [6, 6.07) is 6.58. The van der Waals surface area contributed by atoms with E-state index in [0.29, 0.717) is 5.75 Å². The second-order valence-electron chi connectivity index (χ2n) is 4.25. The van der Waals surface area contributed by atoms with Gasteiger partial charge in [0.1, 0.15) is 17.4 Å². The smallest absolute Gasteiger partial charge is 0.336 e. The highest BCUT2D eigenvalue weighted by molar-refractivity contribution is 5.90. The number of methoxy groups -OCH3 is 1. The normalized spacial score (nSPS) is 10.4. The number of halogens is 2. The number of rotatable bonds is 3. The molecule has 0 fully saturated rings. The SMILES string of the molecule is COc1ccc(-c2ccc(C(=O)O)c(C)c2F)c(F)c1. The van der Waals surface area contributed by atoms with Crippen LogP contribution in [-0.2, 0) is 0 Å². The van der Waals surface area contributed by atoms with Crippen LogP contribution in [0.2, 0.25) is 0 Å². The Morgan fingerprint density at radius 1 is 1.15 bits per heavy atom. The largest absolute Gasteiger partial charge is 0.497 e. The zero-order valence-electron chi connectivity index (χ0n) is 10.9. The van der Waals surface area contributed by atoms with Crippen LogP contribution in [0.15, 0.2) is 30.3 Å². The molecule has 0 aliphatic heterocycles. The van der Waals surface area contributed by atoms with Crippen molar-refractivity contribution in [3.05, 3.63) is 53.1 Å². The molecule has 0 heterocycles. The molecule has 2 aromatic rings. The van der Waals surface area contributed by atoms with Gasteiger partial charge in [-0.1, -0.05) is 6.07 Å². The number of carbonyl (C=O) groups is 1. The van der Waals surface area contributed by atoms with Crippen LogP contribution < -0.4 is 4.74 Å². The molecule has 0 spiro atoms. The first-order valence-corrected chi connectivity index (χ1v) is 5.82. The van der Waals surface area contributed by atoms with Gasteiger partial charge in [-0.3, -0.25) is 0 Å². The minimum absolute atomic E-state index is 0.0210. The molecular weight excluding hydrogens is 266 g/mol. The third kappa shape index (κ3) is 2.34. The molecular formula is C15H12F2O3. The number of carboxylic acid groups (broad SMARTS) is 1. The monoisotopic (exact) mass is 278 g/mol. The summed E-state index contributed by atoms with van der Waals surface area (Å²) >= 11 is 0. The van der Waals surface area contributed by atoms with Crippen LogP contribution >= 0.6 is 0 Å². The number of ether oxygens (including phenoxy) is 1. The summed E-state index contributed by atoms with van der Waals surface area (Å²) in [4.78, 5) is 10.9. The molecule has 2 rings (SSSR count). The highest BCUT2D eigenvalue weighted by Gasteiger charge is 2.17. The van der Waals surface area contributed by atoms with E-state index in [1.165, 1.54) is 38.3 Å². The summed E-state index contributed by atoms with van der Waals surface area (Å²) in [6.07, 6.45) is 0. The van der Waals surface area contributed by atoms with Gasteiger partial charge in [-0.05, 0) is 30.7 Å². The number of hydrogen-bond donors (Lipinski definition) is 1. The van der Waals surface area contributed by atoms with Gasteiger partial charge in [0.2, 0.25) is 0 Å². The Bertz CT molecular complexity index is 681. The number of benzene rings is 2. The van der Waals surface area contributed by atoms with Crippen molar-refractivity contribution in [2.24, 2.45) is 0 Å².